The molecule has 1 aromatic rings. The topological polar surface area (TPSA) is 70.1 Å². The first-order valence-corrected chi connectivity index (χ1v) is 6.86. The third kappa shape index (κ3) is 3.35. The van der Waals surface area contributed by atoms with E-state index in [4.69, 9.17) is 0 Å². The van der Waals surface area contributed by atoms with Crippen LogP contribution in [0.5, 0.6) is 0 Å². The van der Waals surface area contributed by atoms with Crippen molar-refractivity contribution in [2.45, 2.75) is 51.0 Å². The summed E-state index contributed by atoms with van der Waals surface area (Å²) in [5.74, 6) is 2.36. The summed E-state index contributed by atoms with van der Waals surface area (Å²) >= 11 is 0. The zero-order chi connectivity index (χ0) is 14.1. The lowest BCUT2D eigenvalue weighted by Crippen LogP contribution is -2.43. The second-order valence-corrected chi connectivity index (χ2v) is 6.39. The molecule has 0 amide bonds. The fourth-order valence-corrected chi connectivity index (χ4v) is 2.02. The van der Waals surface area contributed by atoms with Crippen molar-refractivity contribution in [2.75, 3.05) is 24.2 Å². The quantitative estimate of drug-likeness (QED) is 0.777. The lowest BCUT2D eigenvalue weighted by molar-refractivity contribution is -0.0202. The Morgan fingerprint density at radius 3 is 2.37 bits per heavy atom. The fraction of sp³-hybridized carbons (Fsp3) is 0.714. The van der Waals surface area contributed by atoms with Gasteiger partial charge < -0.3 is 15.7 Å². The molecule has 2 rings (SSSR count). The zero-order valence-electron chi connectivity index (χ0n) is 12.2. The molecule has 0 aromatic carbocycles. The van der Waals surface area contributed by atoms with Crippen molar-refractivity contribution in [3.63, 3.8) is 0 Å². The van der Waals surface area contributed by atoms with Crippen molar-refractivity contribution in [3.05, 3.63) is 11.9 Å². The van der Waals surface area contributed by atoms with Gasteiger partial charge in [0, 0.05) is 25.1 Å². The molecule has 1 fully saturated rings. The number of hydrogen-bond donors (Lipinski definition) is 3. The largest absolute Gasteiger partial charge is 0.388 e. The highest BCUT2D eigenvalue weighted by molar-refractivity contribution is 5.48. The summed E-state index contributed by atoms with van der Waals surface area (Å²) in [6.07, 6.45) is 2.85. The second-order valence-electron chi connectivity index (χ2n) is 6.39. The van der Waals surface area contributed by atoms with Crippen LogP contribution in [-0.4, -0.2) is 34.3 Å². The molecular formula is C14H24N4O. The molecule has 0 atom stereocenters. The first kappa shape index (κ1) is 14.1. The molecule has 0 bridgehead atoms. The Balaban J connectivity index is 2.15. The van der Waals surface area contributed by atoms with E-state index in [-0.39, 0.29) is 5.41 Å². The van der Waals surface area contributed by atoms with Crippen LogP contribution in [0.25, 0.3) is 0 Å². The average Bonchev–Trinajstić information content (AvgIpc) is 2.32. The third-order valence-corrected chi connectivity index (χ3v) is 3.54. The fourth-order valence-electron chi connectivity index (χ4n) is 2.02. The molecule has 5 nitrogen and oxygen atoms in total. The number of anilines is 2. The molecule has 3 N–H and O–H groups in total. The Kier molecular flexibility index (Phi) is 3.67. The minimum atomic E-state index is -0.549. The molecule has 0 spiro atoms. The van der Waals surface area contributed by atoms with Crippen LogP contribution in [-0.2, 0) is 5.41 Å². The van der Waals surface area contributed by atoms with Crippen molar-refractivity contribution in [2.24, 2.45) is 0 Å². The van der Waals surface area contributed by atoms with E-state index in [0.717, 1.165) is 36.7 Å². The van der Waals surface area contributed by atoms with Gasteiger partial charge in [0.15, 0.2) is 0 Å². The van der Waals surface area contributed by atoms with Gasteiger partial charge in [-0.05, 0) is 19.3 Å². The molecular weight excluding hydrogens is 240 g/mol. The summed E-state index contributed by atoms with van der Waals surface area (Å²) in [5.41, 5.74) is -0.649. The summed E-state index contributed by atoms with van der Waals surface area (Å²) in [6, 6.07) is 1.87. The molecule has 1 aliphatic rings. The standard InChI is InChI=1S/C14H24N4O/c1-13(2,3)12-17-10(15-4)8-11(18-12)16-9-14(19)6-5-7-14/h8,19H,5-7,9H2,1-4H3,(H2,15,16,17,18). The molecule has 0 unspecified atom stereocenters. The first-order chi connectivity index (χ1) is 8.82. The minimum absolute atomic E-state index is 0.101. The van der Waals surface area contributed by atoms with E-state index in [0.29, 0.717) is 6.54 Å². The summed E-state index contributed by atoms with van der Waals surface area (Å²) in [5, 5.41) is 16.4. The van der Waals surface area contributed by atoms with Gasteiger partial charge in [-0.3, -0.25) is 0 Å². The summed E-state index contributed by atoms with van der Waals surface area (Å²) < 4.78 is 0. The van der Waals surface area contributed by atoms with E-state index >= 15 is 0 Å². The highest BCUT2D eigenvalue weighted by atomic mass is 16.3. The Labute approximate surface area is 114 Å². The maximum atomic E-state index is 10.1. The molecule has 5 heteroatoms. The maximum absolute atomic E-state index is 10.1. The molecule has 106 valence electrons. The van der Waals surface area contributed by atoms with Crippen LogP contribution in [0.4, 0.5) is 11.6 Å². The van der Waals surface area contributed by atoms with E-state index in [1.807, 2.05) is 13.1 Å². The van der Waals surface area contributed by atoms with E-state index in [1.165, 1.54) is 0 Å². The molecule has 0 aliphatic heterocycles. The van der Waals surface area contributed by atoms with Crippen molar-refractivity contribution in [1.29, 1.82) is 0 Å². The lowest BCUT2D eigenvalue weighted by Gasteiger charge is -2.36. The predicted octanol–water partition coefficient (Wildman–Crippen LogP) is 2.14. The lowest BCUT2D eigenvalue weighted by atomic mass is 9.80. The van der Waals surface area contributed by atoms with Gasteiger partial charge in [0.2, 0.25) is 0 Å². The van der Waals surface area contributed by atoms with Gasteiger partial charge in [-0.1, -0.05) is 20.8 Å². The Bertz CT molecular complexity index is 449. The Hall–Kier alpha value is -1.36. The van der Waals surface area contributed by atoms with Gasteiger partial charge in [-0.25, -0.2) is 9.97 Å². The van der Waals surface area contributed by atoms with Gasteiger partial charge in [0.25, 0.3) is 0 Å². The molecule has 0 radical (unpaired) electrons. The third-order valence-electron chi connectivity index (χ3n) is 3.54. The molecule has 0 saturated heterocycles. The number of aliphatic hydroxyl groups is 1. The van der Waals surface area contributed by atoms with Crippen molar-refractivity contribution in [3.8, 4) is 0 Å². The van der Waals surface area contributed by atoms with Crippen LogP contribution in [0.15, 0.2) is 6.07 Å². The summed E-state index contributed by atoms with van der Waals surface area (Å²) in [4.78, 5) is 9.02. The highest BCUT2D eigenvalue weighted by Crippen LogP contribution is 2.31. The Morgan fingerprint density at radius 1 is 1.26 bits per heavy atom. The molecule has 1 heterocycles. The van der Waals surface area contributed by atoms with Gasteiger partial charge in [0.05, 0.1) is 5.60 Å². The molecule has 1 saturated carbocycles. The van der Waals surface area contributed by atoms with Crippen LogP contribution in [0, 0.1) is 0 Å². The molecule has 1 aliphatic carbocycles. The van der Waals surface area contributed by atoms with E-state index < -0.39 is 5.60 Å². The average molecular weight is 264 g/mol. The first-order valence-electron chi connectivity index (χ1n) is 6.86. The summed E-state index contributed by atoms with van der Waals surface area (Å²) in [7, 11) is 1.85. The van der Waals surface area contributed by atoms with Gasteiger partial charge in [-0.2, -0.15) is 0 Å². The van der Waals surface area contributed by atoms with Gasteiger partial charge in [-0.15, -0.1) is 0 Å². The van der Waals surface area contributed by atoms with Crippen molar-refractivity contribution in [1.82, 2.24) is 9.97 Å². The molecule has 19 heavy (non-hydrogen) atoms. The van der Waals surface area contributed by atoms with Crippen LogP contribution in [0.2, 0.25) is 0 Å². The smallest absolute Gasteiger partial charge is 0.138 e. The van der Waals surface area contributed by atoms with Crippen LogP contribution in [0.3, 0.4) is 0 Å². The van der Waals surface area contributed by atoms with Gasteiger partial charge in [0.1, 0.15) is 17.5 Å². The van der Waals surface area contributed by atoms with E-state index in [9.17, 15) is 5.11 Å². The number of aromatic nitrogens is 2. The minimum Gasteiger partial charge on any atom is -0.388 e. The number of hydrogen-bond acceptors (Lipinski definition) is 5. The van der Waals surface area contributed by atoms with Gasteiger partial charge >= 0.3 is 0 Å². The zero-order valence-corrected chi connectivity index (χ0v) is 12.2. The molecule has 1 aromatic heterocycles. The second kappa shape index (κ2) is 4.96. The van der Waals surface area contributed by atoms with E-state index in [2.05, 4.69) is 41.4 Å². The predicted molar refractivity (Wildman–Crippen MR) is 77.6 cm³/mol. The monoisotopic (exact) mass is 264 g/mol. The SMILES string of the molecule is CNc1cc(NCC2(O)CCC2)nc(C(C)(C)C)n1. The summed E-state index contributed by atoms with van der Waals surface area (Å²) in [6.45, 7) is 6.82. The number of nitrogens with zero attached hydrogens (tertiary/aromatic N) is 2. The van der Waals surface area contributed by atoms with Crippen LogP contribution >= 0.6 is 0 Å². The maximum Gasteiger partial charge on any atom is 0.138 e. The van der Waals surface area contributed by atoms with Crippen LogP contribution in [0.1, 0.15) is 45.9 Å². The number of nitrogens with one attached hydrogen (secondary N) is 2. The van der Waals surface area contributed by atoms with E-state index in [1.54, 1.807) is 0 Å². The Morgan fingerprint density at radius 2 is 1.89 bits per heavy atom. The van der Waals surface area contributed by atoms with Crippen molar-refractivity contribution >= 4 is 11.6 Å². The van der Waals surface area contributed by atoms with Crippen molar-refractivity contribution < 1.29 is 5.11 Å². The highest BCUT2D eigenvalue weighted by Gasteiger charge is 2.34. The number of rotatable bonds is 4. The normalized spacial score (nSPS) is 17.7. The van der Waals surface area contributed by atoms with Crippen LogP contribution < -0.4 is 10.6 Å².